The van der Waals surface area contributed by atoms with Gasteiger partial charge in [-0.05, 0) is 76.9 Å². The molecule has 0 N–H and O–H groups in total. The molecule has 0 saturated heterocycles. The molecule has 3 aromatic rings. The number of fused-ring (bicyclic) bond motifs is 1. The summed E-state index contributed by atoms with van der Waals surface area (Å²) in [6.07, 6.45) is 0.704. The molecule has 8 nitrogen and oxygen atoms in total. The lowest BCUT2D eigenvalue weighted by Gasteiger charge is -2.21. The number of aromatic nitrogens is 2. The number of halogens is 3. The molecule has 0 unspecified atom stereocenters. The Morgan fingerprint density at radius 3 is 2.46 bits per heavy atom. The molecular formula is C26H28Br3N3O5. The molecule has 0 aliphatic rings. The van der Waals surface area contributed by atoms with E-state index in [1.165, 1.54) is 4.68 Å². The second-order valence-corrected chi connectivity index (χ2v) is 11.6. The number of hydrogen-bond acceptors (Lipinski definition) is 7. The van der Waals surface area contributed by atoms with Crippen molar-refractivity contribution >= 4 is 70.9 Å². The van der Waals surface area contributed by atoms with E-state index in [1.54, 1.807) is 32.2 Å². The predicted molar refractivity (Wildman–Crippen MR) is 155 cm³/mol. The largest absolute Gasteiger partial charge is 0.490 e. The van der Waals surface area contributed by atoms with Gasteiger partial charge in [-0.1, -0.05) is 36.7 Å². The molecular weight excluding hydrogens is 674 g/mol. The molecule has 1 heterocycles. The minimum atomic E-state index is -0.849. The Labute approximate surface area is 240 Å². The van der Waals surface area contributed by atoms with Crippen molar-refractivity contribution in [2.24, 2.45) is 5.10 Å². The van der Waals surface area contributed by atoms with Crippen LogP contribution in [0.4, 0.5) is 0 Å². The van der Waals surface area contributed by atoms with Crippen LogP contribution < -0.4 is 15.0 Å². The van der Waals surface area contributed by atoms with E-state index in [0.717, 1.165) is 4.47 Å². The first-order valence-electron chi connectivity index (χ1n) is 11.6. The molecule has 0 bridgehead atoms. The van der Waals surface area contributed by atoms with Gasteiger partial charge in [0.25, 0.3) is 5.56 Å². The van der Waals surface area contributed by atoms with Gasteiger partial charge in [0.05, 0.1) is 34.8 Å². The number of carbonyl (C=O) groups is 1. The lowest BCUT2D eigenvalue weighted by Crippen LogP contribution is -2.29. The van der Waals surface area contributed by atoms with Gasteiger partial charge in [-0.3, -0.25) is 4.79 Å². The second-order valence-electron chi connectivity index (χ2n) is 9.07. The maximum Gasteiger partial charge on any atom is 0.347 e. The third-order valence-corrected chi connectivity index (χ3v) is 7.80. The average molecular weight is 702 g/mol. The molecule has 0 aliphatic heterocycles. The van der Waals surface area contributed by atoms with Crippen LogP contribution in [0.5, 0.6) is 11.5 Å². The smallest absolute Gasteiger partial charge is 0.347 e. The van der Waals surface area contributed by atoms with Crippen molar-refractivity contribution in [3.63, 3.8) is 0 Å². The molecule has 0 saturated carbocycles. The van der Waals surface area contributed by atoms with Crippen LogP contribution >= 0.6 is 47.8 Å². The van der Waals surface area contributed by atoms with E-state index in [1.807, 2.05) is 39.8 Å². The van der Waals surface area contributed by atoms with E-state index >= 15 is 0 Å². The third kappa shape index (κ3) is 6.61. The molecule has 198 valence electrons. The molecule has 37 heavy (non-hydrogen) atoms. The van der Waals surface area contributed by atoms with Crippen molar-refractivity contribution in [1.82, 2.24) is 9.66 Å². The average Bonchev–Trinajstić information content (AvgIpc) is 2.83. The van der Waals surface area contributed by atoms with Crippen molar-refractivity contribution in [2.45, 2.75) is 53.1 Å². The second kappa shape index (κ2) is 12.1. The number of nitrogens with zero attached hydrogens (tertiary/aromatic N) is 3. The first-order chi connectivity index (χ1) is 17.4. The highest BCUT2D eigenvalue weighted by Gasteiger charge is 2.25. The van der Waals surface area contributed by atoms with Gasteiger partial charge in [-0.25, -0.2) is 9.78 Å². The Balaban J connectivity index is 2.14. The van der Waals surface area contributed by atoms with Crippen molar-refractivity contribution in [3.05, 3.63) is 59.4 Å². The number of esters is 1. The Bertz CT molecular complexity index is 1410. The zero-order valence-corrected chi connectivity index (χ0v) is 26.2. The predicted octanol–water partition coefficient (Wildman–Crippen LogP) is 6.59. The normalized spacial score (nSPS) is 12.7. The van der Waals surface area contributed by atoms with Gasteiger partial charge in [-0.2, -0.15) is 9.78 Å². The fraction of sp³-hybridized carbons (Fsp3) is 0.385. The Morgan fingerprint density at radius 2 is 1.84 bits per heavy atom. The molecule has 1 atom stereocenters. The van der Waals surface area contributed by atoms with Crippen LogP contribution in [0.3, 0.4) is 0 Å². The molecule has 0 aliphatic carbocycles. The summed E-state index contributed by atoms with van der Waals surface area (Å²) in [5, 5.41) is 5.00. The van der Waals surface area contributed by atoms with Crippen LogP contribution in [-0.2, 0) is 14.9 Å². The van der Waals surface area contributed by atoms with Crippen LogP contribution in [0.15, 0.2) is 47.6 Å². The standard InChI is InChI=1S/C26H28Br3N3O5/c1-7-35-19-11-15(20(28)21(29)22(19)37-14(3)24(34)36-8-2)13-30-32-23(33)17-12-16(27)9-10-18(17)31-25(32)26(4,5)6/h9-14H,7-8H2,1-6H3/t14-/m1/s1. The van der Waals surface area contributed by atoms with E-state index in [9.17, 15) is 9.59 Å². The quantitative estimate of drug-likeness (QED) is 0.194. The monoisotopic (exact) mass is 699 g/mol. The van der Waals surface area contributed by atoms with E-state index in [0.29, 0.717) is 49.3 Å². The zero-order chi connectivity index (χ0) is 27.5. The molecule has 0 spiro atoms. The fourth-order valence-corrected chi connectivity index (χ4v) is 4.69. The van der Waals surface area contributed by atoms with Gasteiger partial charge in [0, 0.05) is 19.9 Å². The third-order valence-electron chi connectivity index (χ3n) is 5.16. The topological polar surface area (TPSA) is 92.0 Å². The summed E-state index contributed by atoms with van der Waals surface area (Å²) in [6.45, 7) is 11.7. The SMILES string of the molecule is CCOC(=O)[C@@H](C)Oc1c(OCC)cc(C=Nn2c(C(C)(C)C)nc3ccc(Br)cc3c2=O)c(Br)c1Br. The summed E-state index contributed by atoms with van der Waals surface area (Å²) in [7, 11) is 0. The van der Waals surface area contributed by atoms with Gasteiger partial charge in [0.1, 0.15) is 5.82 Å². The molecule has 0 fully saturated rings. The highest BCUT2D eigenvalue weighted by atomic mass is 79.9. The van der Waals surface area contributed by atoms with Crippen molar-refractivity contribution in [3.8, 4) is 11.5 Å². The lowest BCUT2D eigenvalue weighted by atomic mass is 9.95. The summed E-state index contributed by atoms with van der Waals surface area (Å²) < 4.78 is 20.0. The lowest BCUT2D eigenvalue weighted by molar-refractivity contribution is -0.150. The summed E-state index contributed by atoms with van der Waals surface area (Å²) >= 11 is 10.5. The maximum absolute atomic E-state index is 13.5. The van der Waals surface area contributed by atoms with Crippen molar-refractivity contribution < 1.29 is 19.0 Å². The number of carbonyl (C=O) groups excluding carboxylic acids is 1. The Kier molecular flexibility index (Phi) is 9.57. The van der Waals surface area contributed by atoms with E-state index in [4.69, 9.17) is 19.2 Å². The molecule has 0 amide bonds. The summed E-state index contributed by atoms with van der Waals surface area (Å²) in [5.41, 5.74) is 0.486. The highest BCUT2D eigenvalue weighted by molar-refractivity contribution is 9.13. The maximum atomic E-state index is 13.5. The van der Waals surface area contributed by atoms with Gasteiger partial charge in [-0.15, -0.1) is 0 Å². The van der Waals surface area contributed by atoms with Crippen LogP contribution in [0.25, 0.3) is 10.9 Å². The minimum Gasteiger partial charge on any atom is -0.490 e. The first-order valence-corrected chi connectivity index (χ1v) is 14.0. The molecule has 3 rings (SSSR count). The van der Waals surface area contributed by atoms with Gasteiger partial charge in [0.2, 0.25) is 0 Å². The number of hydrogen-bond donors (Lipinski definition) is 0. The first kappa shape index (κ1) is 29.3. The fourth-order valence-electron chi connectivity index (χ4n) is 3.42. The summed E-state index contributed by atoms with van der Waals surface area (Å²) in [5.74, 6) is 0.783. The summed E-state index contributed by atoms with van der Waals surface area (Å²) in [4.78, 5) is 30.3. The number of rotatable bonds is 8. The van der Waals surface area contributed by atoms with E-state index in [-0.39, 0.29) is 12.2 Å². The van der Waals surface area contributed by atoms with Gasteiger partial charge >= 0.3 is 5.97 Å². The van der Waals surface area contributed by atoms with Crippen molar-refractivity contribution in [1.29, 1.82) is 0 Å². The highest BCUT2D eigenvalue weighted by Crippen LogP contribution is 2.43. The number of ether oxygens (including phenoxy) is 3. The Morgan fingerprint density at radius 1 is 1.14 bits per heavy atom. The van der Waals surface area contributed by atoms with E-state index < -0.39 is 17.5 Å². The van der Waals surface area contributed by atoms with Crippen molar-refractivity contribution in [2.75, 3.05) is 13.2 Å². The van der Waals surface area contributed by atoms with Crippen LogP contribution in [0, 0.1) is 0 Å². The molecule has 0 radical (unpaired) electrons. The molecule has 1 aromatic heterocycles. The van der Waals surface area contributed by atoms with Crippen LogP contribution in [0.2, 0.25) is 0 Å². The summed E-state index contributed by atoms with van der Waals surface area (Å²) in [6, 6.07) is 7.12. The van der Waals surface area contributed by atoms with E-state index in [2.05, 4.69) is 52.9 Å². The zero-order valence-electron chi connectivity index (χ0n) is 21.4. The molecule has 11 heteroatoms. The van der Waals surface area contributed by atoms with Gasteiger partial charge in [0.15, 0.2) is 17.6 Å². The molecule has 2 aromatic carbocycles. The number of benzene rings is 2. The van der Waals surface area contributed by atoms with Gasteiger partial charge < -0.3 is 14.2 Å². The minimum absolute atomic E-state index is 0.252. The van der Waals surface area contributed by atoms with Crippen LogP contribution in [0.1, 0.15) is 52.9 Å². The van der Waals surface area contributed by atoms with Crippen LogP contribution in [-0.4, -0.2) is 41.2 Å². The Hall–Kier alpha value is -2.24.